The zero-order chi connectivity index (χ0) is 37.1. The molecule has 3 heteroatoms. The minimum Gasteiger partial charge on any atom is -0.456 e. The molecule has 1 aromatic heterocycles. The van der Waals surface area contributed by atoms with Crippen molar-refractivity contribution in [1.82, 2.24) is 0 Å². The third-order valence-electron chi connectivity index (χ3n) is 12.3. The molecule has 1 aliphatic carbocycles. The maximum Gasteiger partial charge on any atom is 0.136 e. The third-order valence-corrected chi connectivity index (χ3v) is 13.4. The van der Waals surface area contributed by atoms with E-state index < -0.39 is 0 Å². The van der Waals surface area contributed by atoms with Crippen LogP contribution in [0.2, 0.25) is 0 Å². The highest BCUT2D eigenvalue weighted by molar-refractivity contribution is 7.25. The van der Waals surface area contributed by atoms with E-state index in [4.69, 9.17) is 4.74 Å². The number of anilines is 3. The molecule has 0 spiro atoms. The van der Waals surface area contributed by atoms with Gasteiger partial charge in [0.15, 0.2) is 0 Å². The van der Waals surface area contributed by atoms with E-state index in [9.17, 15) is 0 Å². The Morgan fingerprint density at radius 3 is 2.07 bits per heavy atom. The van der Waals surface area contributed by atoms with Crippen LogP contribution in [-0.4, -0.2) is 0 Å². The van der Waals surface area contributed by atoms with Crippen LogP contribution in [0.1, 0.15) is 25.0 Å². The molecule has 0 saturated heterocycles. The van der Waals surface area contributed by atoms with Crippen LogP contribution in [0.15, 0.2) is 176 Å². The number of fused-ring (bicyclic) bond motifs is 9. The Balaban J connectivity index is 1.05. The largest absolute Gasteiger partial charge is 0.456 e. The van der Waals surface area contributed by atoms with Crippen molar-refractivity contribution in [3.05, 3.63) is 187 Å². The van der Waals surface area contributed by atoms with E-state index in [1.807, 2.05) is 11.3 Å². The fourth-order valence-electron chi connectivity index (χ4n) is 9.57. The van der Waals surface area contributed by atoms with Crippen molar-refractivity contribution >= 4 is 70.1 Å². The van der Waals surface area contributed by atoms with Crippen LogP contribution in [0.5, 0.6) is 11.5 Å². The van der Waals surface area contributed by atoms with Crippen molar-refractivity contribution in [2.24, 2.45) is 0 Å². The van der Waals surface area contributed by atoms with Gasteiger partial charge in [-0.3, -0.25) is 0 Å². The van der Waals surface area contributed by atoms with Crippen LogP contribution in [0, 0.1) is 0 Å². The van der Waals surface area contributed by atoms with Gasteiger partial charge in [0.2, 0.25) is 0 Å². The number of hydrogen-bond donors (Lipinski definition) is 0. The van der Waals surface area contributed by atoms with Crippen molar-refractivity contribution in [3.63, 3.8) is 0 Å². The fourth-order valence-corrected chi connectivity index (χ4v) is 10.7. The summed E-state index contributed by atoms with van der Waals surface area (Å²) in [4.78, 5) is 2.46. The van der Waals surface area contributed by atoms with Gasteiger partial charge >= 0.3 is 0 Å². The molecule has 0 bridgehead atoms. The highest BCUT2D eigenvalue weighted by Gasteiger charge is 2.36. The van der Waals surface area contributed by atoms with Gasteiger partial charge in [-0.05, 0) is 104 Å². The highest BCUT2D eigenvalue weighted by Crippen LogP contribution is 2.54. The fraction of sp³-hybridized carbons (Fsp3) is 0.0566. The minimum absolute atomic E-state index is 0.120. The molecular formula is C53H35NOS. The second-order valence-corrected chi connectivity index (χ2v) is 16.7. The van der Waals surface area contributed by atoms with Gasteiger partial charge in [0.1, 0.15) is 11.5 Å². The van der Waals surface area contributed by atoms with Crippen molar-refractivity contribution in [3.8, 4) is 44.9 Å². The van der Waals surface area contributed by atoms with Crippen LogP contribution in [0.3, 0.4) is 0 Å². The average Bonchev–Trinajstić information content (AvgIpc) is 3.72. The average molecular weight is 734 g/mol. The molecule has 0 amide bonds. The first-order chi connectivity index (χ1) is 27.5. The Hall–Kier alpha value is -6.68. The lowest BCUT2D eigenvalue weighted by molar-refractivity contribution is 0.487. The van der Waals surface area contributed by atoms with Crippen molar-refractivity contribution in [1.29, 1.82) is 0 Å². The Bertz CT molecular complexity index is 3270. The molecule has 0 saturated carbocycles. The zero-order valence-electron chi connectivity index (χ0n) is 31.0. The smallest absolute Gasteiger partial charge is 0.136 e. The SMILES string of the molecule is CC1(C)c2ccccc2-c2ccc(N(c3ccc4c(c3)sc3ccccc34)c3ccc4c5c(cccc35)-c3ccc(-c5cccc6ccccc56)cc3O4)cc21. The number of hydrogen-bond acceptors (Lipinski definition) is 3. The van der Waals surface area contributed by atoms with Gasteiger partial charge in [0.05, 0.1) is 5.69 Å². The lowest BCUT2D eigenvalue weighted by Crippen LogP contribution is -2.16. The van der Waals surface area contributed by atoms with E-state index in [1.165, 1.54) is 64.3 Å². The molecular weight excluding hydrogens is 699 g/mol. The molecule has 2 nitrogen and oxygen atoms in total. The summed E-state index contributed by atoms with van der Waals surface area (Å²) in [6.07, 6.45) is 0. The molecule has 0 radical (unpaired) electrons. The molecule has 12 rings (SSSR count). The van der Waals surface area contributed by atoms with Gasteiger partial charge in [0.25, 0.3) is 0 Å². The number of benzene rings is 9. The van der Waals surface area contributed by atoms with Gasteiger partial charge in [-0.25, -0.2) is 0 Å². The number of rotatable bonds is 4. The summed E-state index contributed by atoms with van der Waals surface area (Å²) in [7, 11) is 0. The summed E-state index contributed by atoms with van der Waals surface area (Å²) in [5.74, 6) is 1.77. The molecule has 9 aromatic carbocycles. The molecule has 0 atom stereocenters. The normalized spacial score (nSPS) is 13.5. The predicted molar refractivity (Wildman–Crippen MR) is 238 cm³/mol. The molecule has 0 N–H and O–H groups in total. The summed E-state index contributed by atoms with van der Waals surface area (Å²) < 4.78 is 9.46. The summed E-state index contributed by atoms with van der Waals surface area (Å²) in [5.41, 5.74) is 13.3. The molecule has 264 valence electrons. The first-order valence-corrected chi connectivity index (χ1v) is 20.1. The monoisotopic (exact) mass is 733 g/mol. The maximum atomic E-state index is 6.87. The Labute approximate surface area is 329 Å². The second kappa shape index (κ2) is 11.7. The summed E-state index contributed by atoms with van der Waals surface area (Å²) >= 11 is 1.86. The Morgan fingerprint density at radius 1 is 0.446 bits per heavy atom. The first kappa shape index (κ1) is 31.6. The third kappa shape index (κ3) is 4.49. The molecule has 2 heterocycles. The molecule has 10 aromatic rings. The quantitative estimate of drug-likeness (QED) is 0.179. The topological polar surface area (TPSA) is 12.5 Å². The number of nitrogens with zero attached hydrogens (tertiary/aromatic N) is 1. The van der Waals surface area contributed by atoms with Gasteiger partial charge in [-0.1, -0.05) is 135 Å². The van der Waals surface area contributed by atoms with Crippen LogP contribution >= 0.6 is 11.3 Å². The van der Waals surface area contributed by atoms with E-state index in [-0.39, 0.29) is 5.41 Å². The standard InChI is InChI=1S/C53H35NOS/c1-53(2)45-19-7-5-14-38(45)39-25-22-34(30-46(39)53)54(35-23-26-42-41-15-6-8-20-50(41)56-51(42)31-35)47-27-28-48-52-43(17-10-18-44(47)52)40-24-21-33(29-49(40)55-48)37-16-9-12-32-11-3-4-13-36(32)37/h3-31H,1-2H3. The zero-order valence-corrected chi connectivity index (χ0v) is 31.8. The lowest BCUT2D eigenvalue weighted by Gasteiger charge is -2.30. The van der Waals surface area contributed by atoms with E-state index in [0.29, 0.717) is 0 Å². The molecule has 0 fully saturated rings. The van der Waals surface area contributed by atoms with Crippen LogP contribution in [-0.2, 0) is 5.41 Å². The molecule has 2 aliphatic rings. The molecule has 0 unspecified atom stereocenters. The predicted octanol–water partition coefficient (Wildman–Crippen LogP) is 15.6. The Morgan fingerprint density at radius 2 is 1.12 bits per heavy atom. The van der Waals surface area contributed by atoms with E-state index in [2.05, 4.69) is 195 Å². The van der Waals surface area contributed by atoms with Crippen LogP contribution in [0.25, 0.3) is 75.1 Å². The van der Waals surface area contributed by atoms with Crippen LogP contribution in [0.4, 0.5) is 17.1 Å². The number of thiophene rings is 1. The number of ether oxygens (including phenoxy) is 1. The van der Waals surface area contributed by atoms with E-state index in [0.717, 1.165) is 50.5 Å². The summed E-state index contributed by atoms with van der Waals surface area (Å²) in [6, 6.07) is 64.6. The maximum absolute atomic E-state index is 6.87. The summed E-state index contributed by atoms with van der Waals surface area (Å²) in [6.45, 7) is 4.72. The lowest BCUT2D eigenvalue weighted by atomic mass is 9.82. The van der Waals surface area contributed by atoms with Crippen molar-refractivity contribution in [2.45, 2.75) is 19.3 Å². The van der Waals surface area contributed by atoms with Gasteiger partial charge in [-0.2, -0.15) is 0 Å². The minimum atomic E-state index is -0.120. The molecule has 1 aliphatic heterocycles. The first-order valence-electron chi connectivity index (χ1n) is 19.3. The second-order valence-electron chi connectivity index (χ2n) is 15.7. The van der Waals surface area contributed by atoms with Gasteiger partial charge < -0.3 is 9.64 Å². The van der Waals surface area contributed by atoms with Gasteiger partial charge in [-0.15, -0.1) is 11.3 Å². The molecule has 56 heavy (non-hydrogen) atoms. The summed E-state index contributed by atoms with van der Waals surface area (Å²) in [5, 5.41) is 7.37. The van der Waals surface area contributed by atoms with Crippen LogP contribution < -0.4 is 9.64 Å². The van der Waals surface area contributed by atoms with Gasteiger partial charge in [0, 0.05) is 53.3 Å². The Kier molecular flexibility index (Phi) is 6.59. The highest BCUT2D eigenvalue weighted by atomic mass is 32.1. The van der Waals surface area contributed by atoms with E-state index in [1.54, 1.807) is 0 Å². The van der Waals surface area contributed by atoms with E-state index >= 15 is 0 Å². The van der Waals surface area contributed by atoms with Crippen molar-refractivity contribution < 1.29 is 4.74 Å². The van der Waals surface area contributed by atoms with Crippen molar-refractivity contribution in [2.75, 3.05) is 4.90 Å².